The van der Waals surface area contributed by atoms with Crippen LogP contribution in [0.3, 0.4) is 0 Å². The molecule has 0 aliphatic carbocycles. The Bertz CT molecular complexity index is 382. The van der Waals surface area contributed by atoms with Gasteiger partial charge < -0.3 is 24.2 Å². The topological polar surface area (TPSA) is 68.2 Å². The zero-order chi connectivity index (χ0) is 13.1. The Balaban J connectivity index is 2.92. The third-order valence-electron chi connectivity index (χ3n) is 1.60. The van der Waals surface area contributed by atoms with Crippen LogP contribution < -0.4 is 14.1 Å². The van der Waals surface area contributed by atoms with Crippen molar-refractivity contribution in [3.63, 3.8) is 0 Å². The summed E-state index contributed by atoms with van der Waals surface area (Å²) in [6, 6.07) is 2.91. The number of hydrogen-bond donors (Lipinski definition) is 2. The van der Waals surface area contributed by atoms with E-state index in [2.05, 4.69) is 9.39 Å². The van der Waals surface area contributed by atoms with E-state index in [0.29, 0.717) is 0 Å². The molecule has 5 nitrogen and oxygen atoms in total. The lowest BCUT2D eigenvalue weighted by molar-refractivity contribution is -0.274. The van der Waals surface area contributed by atoms with E-state index in [1.54, 1.807) is 0 Å². The van der Waals surface area contributed by atoms with Crippen LogP contribution in [0.4, 0.5) is 13.2 Å². The first kappa shape index (κ1) is 13.5. The van der Waals surface area contributed by atoms with Crippen molar-refractivity contribution in [1.82, 2.24) is 0 Å². The lowest BCUT2D eigenvalue weighted by atomic mass is 10.2. The zero-order valence-electron chi connectivity index (χ0n) is 8.56. The van der Waals surface area contributed by atoms with Crippen LogP contribution in [0.1, 0.15) is 0 Å². The maximum absolute atomic E-state index is 11.9. The molecule has 1 aromatic rings. The summed E-state index contributed by atoms with van der Waals surface area (Å²) >= 11 is 0. The first-order valence-electron chi connectivity index (χ1n) is 4.28. The largest absolute Gasteiger partial charge is 0.707 e. The first-order valence-corrected chi connectivity index (χ1v) is 4.28. The SMILES string of the molecule is COc1cc(OC(F)(F)F)ccc1OB(O)O. The van der Waals surface area contributed by atoms with Gasteiger partial charge in [-0.15, -0.1) is 13.2 Å². The maximum Gasteiger partial charge on any atom is 0.707 e. The Labute approximate surface area is 94.5 Å². The fourth-order valence-corrected chi connectivity index (χ4v) is 1.06. The summed E-state index contributed by atoms with van der Waals surface area (Å²) in [4.78, 5) is 0. The molecule has 0 saturated carbocycles. The van der Waals surface area contributed by atoms with E-state index in [-0.39, 0.29) is 11.5 Å². The highest BCUT2D eigenvalue weighted by Gasteiger charge is 2.31. The molecule has 0 aliphatic rings. The molecule has 2 N–H and O–H groups in total. The van der Waals surface area contributed by atoms with Crippen LogP contribution in [-0.4, -0.2) is 30.8 Å². The lowest BCUT2D eigenvalue weighted by Crippen LogP contribution is -2.21. The second-order valence-electron chi connectivity index (χ2n) is 2.80. The molecule has 0 bridgehead atoms. The van der Waals surface area contributed by atoms with E-state index >= 15 is 0 Å². The molecule has 9 heteroatoms. The van der Waals surface area contributed by atoms with Gasteiger partial charge in [-0.1, -0.05) is 0 Å². The van der Waals surface area contributed by atoms with E-state index in [4.69, 9.17) is 14.8 Å². The van der Waals surface area contributed by atoms with E-state index in [1.807, 2.05) is 0 Å². The molecule has 0 amide bonds. The average Bonchev–Trinajstić information content (AvgIpc) is 2.17. The summed E-state index contributed by atoms with van der Waals surface area (Å²) in [7, 11) is -0.915. The number of rotatable bonds is 4. The van der Waals surface area contributed by atoms with Crippen LogP contribution in [0.2, 0.25) is 0 Å². The molecule has 0 fully saturated rings. The van der Waals surface area contributed by atoms with Gasteiger partial charge in [0.2, 0.25) is 0 Å². The first-order chi connectivity index (χ1) is 7.81. The summed E-state index contributed by atoms with van der Waals surface area (Å²) in [6.07, 6.45) is -4.82. The van der Waals surface area contributed by atoms with Gasteiger partial charge in [0.25, 0.3) is 0 Å². The second-order valence-corrected chi connectivity index (χ2v) is 2.80. The minimum absolute atomic E-state index is 0.125. The van der Waals surface area contributed by atoms with Crippen molar-refractivity contribution >= 4 is 7.32 Å². The Morgan fingerprint density at radius 1 is 1.18 bits per heavy atom. The number of halogens is 3. The predicted molar refractivity (Wildman–Crippen MR) is 50.5 cm³/mol. The van der Waals surface area contributed by atoms with Gasteiger partial charge in [0.05, 0.1) is 7.11 Å². The van der Waals surface area contributed by atoms with E-state index < -0.39 is 19.4 Å². The Morgan fingerprint density at radius 3 is 2.29 bits per heavy atom. The molecule has 1 aromatic carbocycles. The monoisotopic (exact) mass is 252 g/mol. The van der Waals surface area contributed by atoms with Crippen molar-refractivity contribution < 1.29 is 37.3 Å². The molecular formula is C8H8BF3O5. The van der Waals surface area contributed by atoms with Crippen LogP contribution in [0, 0.1) is 0 Å². The number of benzene rings is 1. The molecule has 0 atom stereocenters. The quantitative estimate of drug-likeness (QED) is 0.780. The summed E-state index contributed by atoms with van der Waals surface area (Å²) < 4.78 is 48.6. The Kier molecular flexibility index (Phi) is 4.08. The number of alkyl halides is 3. The van der Waals surface area contributed by atoms with E-state index in [0.717, 1.165) is 18.2 Å². The Morgan fingerprint density at radius 2 is 1.82 bits per heavy atom. The predicted octanol–water partition coefficient (Wildman–Crippen LogP) is 0.942. The minimum atomic E-state index is -4.82. The van der Waals surface area contributed by atoms with Crippen LogP contribution in [0.5, 0.6) is 17.2 Å². The van der Waals surface area contributed by atoms with Crippen molar-refractivity contribution in [3.05, 3.63) is 18.2 Å². The highest BCUT2D eigenvalue weighted by molar-refractivity contribution is 6.33. The fourth-order valence-electron chi connectivity index (χ4n) is 1.06. The average molecular weight is 252 g/mol. The molecule has 0 aromatic heterocycles. The third kappa shape index (κ3) is 4.41. The van der Waals surface area contributed by atoms with Crippen molar-refractivity contribution in [2.45, 2.75) is 6.36 Å². The smallest absolute Gasteiger partial charge is 0.509 e. The highest BCUT2D eigenvalue weighted by atomic mass is 19.4. The number of hydrogen-bond acceptors (Lipinski definition) is 5. The van der Waals surface area contributed by atoms with Crippen LogP contribution in [0.25, 0.3) is 0 Å². The normalized spacial score (nSPS) is 10.9. The van der Waals surface area contributed by atoms with Crippen molar-refractivity contribution in [2.75, 3.05) is 7.11 Å². The lowest BCUT2D eigenvalue weighted by Gasteiger charge is -2.13. The summed E-state index contributed by atoms with van der Waals surface area (Å²) in [5.41, 5.74) is 0. The van der Waals surface area contributed by atoms with Gasteiger partial charge in [-0.25, -0.2) is 0 Å². The van der Waals surface area contributed by atoms with Crippen LogP contribution in [0.15, 0.2) is 18.2 Å². The van der Waals surface area contributed by atoms with Gasteiger partial charge in [-0.3, -0.25) is 0 Å². The van der Waals surface area contributed by atoms with E-state index in [9.17, 15) is 13.2 Å². The molecule has 0 unspecified atom stereocenters. The van der Waals surface area contributed by atoms with Gasteiger partial charge in [0, 0.05) is 6.07 Å². The Hall–Kier alpha value is -1.61. The molecule has 0 spiro atoms. The molecule has 0 aliphatic heterocycles. The van der Waals surface area contributed by atoms with Gasteiger partial charge >= 0.3 is 13.7 Å². The third-order valence-corrected chi connectivity index (χ3v) is 1.60. The van der Waals surface area contributed by atoms with Gasteiger partial charge in [-0.2, -0.15) is 0 Å². The highest BCUT2D eigenvalue weighted by Crippen LogP contribution is 2.33. The minimum Gasteiger partial charge on any atom is -0.509 e. The summed E-state index contributed by atoms with van der Waals surface area (Å²) in [6.45, 7) is 0. The standard InChI is InChI=1S/C8H8BF3O5/c1-15-7-4-5(16-8(10,11)12)2-3-6(7)17-9(13)14/h2-4,13-14H,1H3. The fraction of sp³-hybridized carbons (Fsp3) is 0.250. The van der Waals surface area contributed by atoms with E-state index in [1.165, 1.54) is 7.11 Å². The van der Waals surface area contributed by atoms with Crippen molar-refractivity contribution in [1.29, 1.82) is 0 Å². The molecular weight excluding hydrogens is 244 g/mol. The molecule has 0 saturated heterocycles. The van der Waals surface area contributed by atoms with Gasteiger partial charge in [0.15, 0.2) is 5.75 Å². The summed E-state index contributed by atoms with van der Waals surface area (Å²) in [5.74, 6) is -0.758. The summed E-state index contributed by atoms with van der Waals surface area (Å²) in [5, 5.41) is 17.1. The molecule has 94 valence electrons. The molecule has 1 rings (SSSR count). The number of methoxy groups -OCH3 is 1. The molecule has 0 radical (unpaired) electrons. The maximum atomic E-state index is 11.9. The van der Waals surface area contributed by atoms with Crippen molar-refractivity contribution in [3.8, 4) is 17.2 Å². The van der Waals surface area contributed by atoms with Gasteiger partial charge in [0.1, 0.15) is 11.5 Å². The zero-order valence-corrected chi connectivity index (χ0v) is 8.56. The molecule has 17 heavy (non-hydrogen) atoms. The van der Waals surface area contributed by atoms with Crippen molar-refractivity contribution in [2.24, 2.45) is 0 Å². The van der Waals surface area contributed by atoms with Crippen LogP contribution >= 0.6 is 0 Å². The second kappa shape index (κ2) is 5.15. The van der Waals surface area contributed by atoms with Crippen LogP contribution in [-0.2, 0) is 0 Å². The molecule has 0 heterocycles. The van der Waals surface area contributed by atoms with Gasteiger partial charge in [-0.05, 0) is 12.1 Å². The number of ether oxygens (including phenoxy) is 2.